The van der Waals surface area contributed by atoms with Crippen molar-refractivity contribution in [2.75, 3.05) is 0 Å². The van der Waals surface area contributed by atoms with E-state index in [9.17, 15) is 0 Å². The van der Waals surface area contributed by atoms with Gasteiger partial charge in [-0.2, -0.15) is 0 Å². The van der Waals surface area contributed by atoms with E-state index in [1.807, 2.05) is 0 Å². The van der Waals surface area contributed by atoms with Crippen molar-refractivity contribution in [2.24, 2.45) is 0 Å². The summed E-state index contributed by atoms with van der Waals surface area (Å²) in [6.45, 7) is 14.5. The Kier molecular flexibility index (Phi) is 7.51. The Morgan fingerprint density at radius 2 is 0.878 bits per heavy atom. The Bertz CT molecular complexity index is 1510. The summed E-state index contributed by atoms with van der Waals surface area (Å²) in [5, 5.41) is 0. The van der Waals surface area contributed by atoms with Crippen LogP contribution >= 0.6 is 0 Å². The van der Waals surface area contributed by atoms with E-state index >= 15 is 0 Å². The summed E-state index contributed by atoms with van der Waals surface area (Å²) < 4.78 is 0. The molecule has 6 rings (SSSR count). The minimum Gasteiger partial charge on any atom is -0.0679 e. The zero-order chi connectivity index (χ0) is 28.7. The Morgan fingerprint density at radius 1 is 0.488 bits per heavy atom. The number of aryl methyl sites for hydroxylation is 2. The number of allylic oxidation sites excluding steroid dienone is 2. The van der Waals surface area contributed by atoms with Crippen molar-refractivity contribution < 1.29 is 0 Å². The van der Waals surface area contributed by atoms with Gasteiger partial charge in [0.25, 0.3) is 0 Å². The van der Waals surface area contributed by atoms with Gasteiger partial charge in [0.2, 0.25) is 0 Å². The van der Waals surface area contributed by atoms with Crippen LogP contribution in [0.1, 0.15) is 85.0 Å². The molecule has 0 radical (unpaired) electrons. The number of rotatable bonds is 8. The van der Waals surface area contributed by atoms with Crippen LogP contribution in [-0.2, 0) is 12.8 Å². The van der Waals surface area contributed by atoms with E-state index in [2.05, 4.69) is 138 Å². The monoisotopic (exact) mass is 552 g/mol. The lowest BCUT2D eigenvalue weighted by molar-refractivity contribution is 0.898. The molecule has 0 spiro atoms. The van der Waals surface area contributed by atoms with Crippen LogP contribution in [0.5, 0.6) is 0 Å². The molecule has 0 heterocycles. The highest BCUT2D eigenvalue weighted by molar-refractivity contribution is 6.81. The number of hydrogen-bond acceptors (Lipinski definition) is 0. The summed E-state index contributed by atoms with van der Waals surface area (Å²) in [4.78, 5) is 0. The highest BCUT2D eigenvalue weighted by Crippen LogP contribution is 2.55. The number of fused-ring (bicyclic) bond motifs is 2. The SMILES string of the molecule is CCC1=Cc2c(-c3ccc(CC)cc3)cccc2C1[Si](C)(C)C1C(CC)=Cc2c(-c3ccc(CC)cc3)cccc21. The van der Waals surface area contributed by atoms with Crippen LogP contribution in [0.4, 0.5) is 0 Å². The average molecular weight is 553 g/mol. The molecule has 0 amide bonds. The molecule has 0 aromatic heterocycles. The van der Waals surface area contributed by atoms with E-state index in [0.717, 1.165) is 25.7 Å². The van der Waals surface area contributed by atoms with Crippen molar-refractivity contribution in [2.45, 2.75) is 77.6 Å². The lowest BCUT2D eigenvalue weighted by Crippen LogP contribution is -2.42. The highest BCUT2D eigenvalue weighted by Gasteiger charge is 2.48. The second-order valence-electron chi connectivity index (χ2n) is 12.6. The molecule has 1 heteroatoms. The van der Waals surface area contributed by atoms with Gasteiger partial charge in [-0.3, -0.25) is 0 Å². The molecular formula is C40H44Si. The summed E-state index contributed by atoms with van der Waals surface area (Å²) in [6.07, 6.45) is 9.51. The quantitative estimate of drug-likeness (QED) is 0.191. The third-order valence-electron chi connectivity index (χ3n) is 9.95. The fourth-order valence-electron chi connectivity index (χ4n) is 7.81. The predicted molar refractivity (Wildman–Crippen MR) is 182 cm³/mol. The first-order valence-corrected chi connectivity index (χ1v) is 18.9. The van der Waals surface area contributed by atoms with Gasteiger partial charge in [0.05, 0.1) is 8.07 Å². The summed E-state index contributed by atoms with van der Waals surface area (Å²) in [5.74, 6) is 0. The molecule has 2 aliphatic carbocycles. The molecule has 0 aliphatic heterocycles. The van der Waals surface area contributed by atoms with Crippen molar-refractivity contribution in [3.05, 3.63) is 129 Å². The normalized spacial score (nSPS) is 17.7. The van der Waals surface area contributed by atoms with Crippen LogP contribution in [-0.4, -0.2) is 8.07 Å². The molecule has 0 saturated heterocycles. The third kappa shape index (κ3) is 4.69. The Balaban J connectivity index is 1.45. The molecule has 4 aromatic carbocycles. The Labute approximate surface area is 248 Å². The Morgan fingerprint density at radius 3 is 1.22 bits per heavy atom. The van der Waals surface area contributed by atoms with Gasteiger partial charge in [0, 0.05) is 11.1 Å². The van der Waals surface area contributed by atoms with Crippen LogP contribution in [0.2, 0.25) is 13.1 Å². The van der Waals surface area contributed by atoms with Crippen molar-refractivity contribution in [1.29, 1.82) is 0 Å². The Hall–Kier alpha value is -3.42. The fourth-order valence-corrected chi connectivity index (χ4v) is 12.7. The maximum atomic E-state index is 2.67. The van der Waals surface area contributed by atoms with E-state index < -0.39 is 8.07 Å². The minimum absolute atomic E-state index is 0.524. The average Bonchev–Trinajstić information content (AvgIpc) is 3.60. The van der Waals surface area contributed by atoms with Crippen molar-refractivity contribution in [3.63, 3.8) is 0 Å². The maximum Gasteiger partial charge on any atom is 0.0722 e. The summed E-state index contributed by atoms with van der Waals surface area (Å²) in [5.41, 5.74) is 18.6. The summed E-state index contributed by atoms with van der Waals surface area (Å²) >= 11 is 0. The van der Waals surface area contributed by atoms with E-state index in [4.69, 9.17) is 0 Å². The fraction of sp³-hybridized carbons (Fsp3) is 0.300. The van der Waals surface area contributed by atoms with E-state index in [-0.39, 0.29) is 0 Å². The predicted octanol–water partition coefficient (Wildman–Crippen LogP) is 11.4. The van der Waals surface area contributed by atoms with Crippen LogP contribution in [0.15, 0.2) is 96.1 Å². The van der Waals surface area contributed by atoms with Gasteiger partial charge < -0.3 is 0 Å². The van der Waals surface area contributed by atoms with Gasteiger partial charge in [0.15, 0.2) is 0 Å². The van der Waals surface area contributed by atoms with Crippen molar-refractivity contribution in [3.8, 4) is 22.3 Å². The molecule has 4 aromatic rings. The van der Waals surface area contributed by atoms with Gasteiger partial charge >= 0.3 is 0 Å². The second kappa shape index (κ2) is 11.1. The number of hydrogen-bond donors (Lipinski definition) is 0. The lowest BCUT2D eigenvalue weighted by Gasteiger charge is -2.40. The molecule has 41 heavy (non-hydrogen) atoms. The van der Waals surface area contributed by atoms with Gasteiger partial charge in [0.1, 0.15) is 0 Å². The standard InChI is InChI=1S/C40H44Si/c1-7-27-17-21-31(22-18-27)33-13-11-15-35-37(33)25-29(9-3)39(35)41(5,6)40-30(10-4)26-38-34(14-12-16-36(38)40)32-23-19-28(8-2)20-24-32/h11-26,39-40H,7-10H2,1-6H3. The topological polar surface area (TPSA) is 0 Å². The largest absolute Gasteiger partial charge is 0.0722 e. The smallest absolute Gasteiger partial charge is 0.0679 e. The molecule has 2 atom stereocenters. The third-order valence-corrected chi connectivity index (χ3v) is 14.3. The van der Waals surface area contributed by atoms with E-state index in [1.165, 1.54) is 44.5 Å². The molecule has 0 saturated carbocycles. The molecule has 2 unspecified atom stereocenters. The van der Waals surface area contributed by atoms with Crippen LogP contribution in [0.3, 0.4) is 0 Å². The zero-order valence-corrected chi connectivity index (χ0v) is 26.7. The molecule has 2 aliphatic rings. The molecule has 208 valence electrons. The van der Waals surface area contributed by atoms with E-state index in [1.54, 1.807) is 22.3 Å². The van der Waals surface area contributed by atoms with Gasteiger partial charge in [-0.05, 0) is 81.3 Å². The first-order chi connectivity index (χ1) is 19.9. The first kappa shape index (κ1) is 27.7. The first-order valence-electron chi connectivity index (χ1n) is 15.8. The lowest BCUT2D eigenvalue weighted by atomic mass is 9.96. The number of benzene rings is 4. The molecular weight excluding hydrogens is 509 g/mol. The molecule has 0 N–H and O–H groups in total. The highest BCUT2D eigenvalue weighted by atomic mass is 28.3. The maximum absolute atomic E-state index is 2.67. The van der Waals surface area contributed by atoms with Gasteiger partial charge in [-0.25, -0.2) is 0 Å². The zero-order valence-electron chi connectivity index (χ0n) is 25.7. The second-order valence-corrected chi connectivity index (χ2v) is 17.3. The van der Waals surface area contributed by atoms with Crippen LogP contribution in [0.25, 0.3) is 34.4 Å². The van der Waals surface area contributed by atoms with Crippen molar-refractivity contribution >= 4 is 20.2 Å². The molecule has 0 nitrogen and oxygen atoms in total. The van der Waals surface area contributed by atoms with Crippen LogP contribution < -0.4 is 0 Å². The van der Waals surface area contributed by atoms with Gasteiger partial charge in [-0.1, -0.05) is 149 Å². The van der Waals surface area contributed by atoms with Crippen molar-refractivity contribution in [1.82, 2.24) is 0 Å². The molecule has 0 bridgehead atoms. The van der Waals surface area contributed by atoms with Gasteiger partial charge in [-0.15, -0.1) is 0 Å². The summed E-state index contributed by atoms with van der Waals surface area (Å²) in [7, 11) is -1.92. The minimum atomic E-state index is -1.92. The molecule has 0 fully saturated rings. The van der Waals surface area contributed by atoms with E-state index in [0.29, 0.717) is 11.1 Å². The van der Waals surface area contributed by atoms with Crippen LogP contribution in [0, 0.1) is 0 Å². The summed E-state index contributed by atoms with van der Waals surface area (Å²) in [6, 6.07) is 32.6.